The number of fused-ring (bicyclic) bond motifs is 1. The second-order valence-electron chi connectivity index (χ2n) is 7.74. The molecule has 150 valence electrons. The van der Waals surface area contributed by atoms with Gasteiger partial charge in [-0.3, -0.25) is 9.78 Å². The van der Waals surface area contributed by atoms with Crippen LogP contribution in [-0.2, 0) is 4.79 Å². The normalized spacial score (nSPS) is 18.4. The third kappa shape index (κ3) is 3.64. The number of aromatic nitrogens is 2. The Morgan fingerprint density at radius 3 is 2.34 bits per heavy atom. The quantitative estimate of drug-likeness (QED) is 0.684. The van der Waals surface area contributed by atoms with Crippen LogP contribution in [-0.4, -0.2) is 60.0 Å². The molecule has 0 saturated carbocycles. The number of para-hydroxylation sites is 2. The van der Waals surface area contributed by atoms with Gasteiger partial charge in [0.1, 0.15) is 5.52 Å². The van der Waals surface area contributed by atoms with E-state index >= 15 is 0 Å². The highest BCUT2D eigenvalue weighted by molar-refractivity contribution is 5.79. The van der Waals surface area contributed by atoms with Crippen molar-refractivity contribution < 1.29 is 9.21 Å². The van der Waals surface area contributed by atoms with E-state index in [2.05, 4.69) is 19.8 Å². The van der Waals surface area contributed by atoms with Crippen molar-refractivity contribution in [3.63, 3.8) is 0 Å². The zero-order valence-corrected chi connectivity index (χ0v) is 16.4. The van der Waals surface area contributed by atoms with Gasteiger partial charge in [0.15, 0.2) is 5.58 Å². The molecule has 2 aliphatic heterocycles. The molecule has 0 atom stereocenters. The Kier molecular flexibility index (Phi) is 4.79. The summed E-state index contributed by atoms with van der Waals surface area (Å²) in [6.07, 6.45) is 5.33. The summed E-state index contributed by atoms with van der Waals surface area (Å²) in [5.74, 6) is 0.402. The van der Waals surface area contributed by atoms with Crippen molar-refractivity contribution in [2.75, 3.05) is 49.1 Å². The third-order valence-corrected chi connectivity index (χ3v) is 6.02. The van der Waals surface area contributed by atoms with Gasteiger partial charge in [-0.25, -0.2) is 0 Å². The molecule has 1 amide bonds. The zero-order chi connectivity index (χ0) is 19.6. The van der Waals surface area contributed by atoms with E-state index in [1.54, 1.807) is 0 Å². The first kappa shape index (κ1) is 18.0. The molecule has 29 heavy (non-hydrogen) atoms. The van der Waals surface area contributed by atoms with Crippen LogP contribution in [0.5, 0.6) is 0 Å². The van der Waals surface area contributed by atoms with Gasteiger partial charge < -0.3 is 19.1 Å². The van der Waals surface area contributed by atoms with Crippen LogP contribution in [0.3, 0.4) is 0 Å². The minimum Gasteiger partial charge on any atom is -0.423 e. The number of benzene rings is 1. The van der Waals surface area contributed by atoms with E-state index in [0.717, 1.165) is 63.2 Å². The lowest BCUT2D eigenvalue weighted by atomic mass is 9.95. The lowest BCUT2D eigenvalue weighted by molar-refractivity contribution is -0.136. The average Bonchev–Trinajstić information content (AvgIpc) is 3.24. The fraction of sp³-hybridized carbons (Fsp3) is 0.409. The number of carbonyl (C=O) groups excluding carboxylic acids is 1. The van der Waals surface area contributed by atoms with Crippen molar-refractivity contribution in [3.05, 3.63) is 48.8 Å². The molecule has 2 aromatic heterocycles. The zero-order valence-electron chi connectivity index (χ0n) is 16.4. The van der Waals surface area contributed by atoms with Crippen LogP contribution in [0.15, 0.2) is 53.2 Å². The second kappa shape index (κ2) is 7.73. The maximum Gasteiger partial charge on any atom is 0.298 e. The molecule has 0 radical (unpaired) electrons. The molecule has 0 bridgehead atoms. The first-order valence-electron chi connectivity index (χ1n) is 10.3. The number of piperazine rings is 1. The molecule has 2 saturated heterocycles. The summed E-state index contributed by atoms with van der Waals surface area (Å²) in [5.41, 5.74) is 2.87. The van der Waals surface area contributed by atoms with Crippen molar-refractivity contribution in [3.8, 4) is 0 Å². The topological polar surface area (TPSA) is 65.7 Å². The van der Waals surface area contributed by atoms with Crippen LogP contribution in [0.4, 0.5) is 11.7 Å². The van der Waals surface area contributed by atoms with E-state index < -0.39 is 0 Å². The van der Waals surface area contributed by atoms with E-state index in [0.29, 0.717) is 11.9 Å². The molecule has 2 aliphatic rings. The molecule has 7 nitrogen and oxygen atoms in total. The Hall–Kier alpha value is -3.09. The molecule has 2 fully saturated rings. The number of nitrogens with zero attached hydrogens (tertiary/aromatic N) is 5. The Bertz CT molecular complexity index is 940. The van der Waals surface area contributed by atoms with E-state index in [1.807, 2.05) is 53.7 Å². The van der Waals surface area contributed by atoms with E-state index in [4.69, 9.17) is 4.42 Å². The molecule has 5 rings (SSSR count). The van der Waals surface area contributed by atoms with Gasteiger partial charge in [-0.1, -0.05) is 12.1 Å². The number of hydrogen-bond donors (Lipinski definition) is 0. The Balaban J connectivity index is 1.15. The number of rotatable bonds is 3. The average molecular weight is 391 g/mol. The van der Waals surface area contributed by atoms with Gasteiger partial charge in [-0.2, -0.15) is 4.98 Å². The number of pyridine rings is 1. The SMILES string of the molecule is O=C(C1CCN(c2nc3ccccc3o2)CC1)N1CCN(c2ccncc2)CC1. The number of oxazole rings is 1. The molecular weight excluding hydrogens is 366 g/mol. The summed E-state index contributed by atoms with van der Waals surface area (Å²) in [6, 6.07) is 12.5. The molecule has 0 N–H and O–H groups in total. The maximum atomic E-state index is 13.0. The van der Waals surface area contributed by atoms with E-state index in [-0.39, 0.29) is 5.92 Å². The van der Waals surface area contributed by atoms with Gasteiger partial charge in [-0.05, 0) is 37.1 Å². The standard InChI is InChI=1S/C22H25N5O2/c28-21(26-15-13-25(14-16-26)18-5-9-23-10-6-18)17-7-11-27(12-8-17)22-24-19-3-1-2-4-20(19)29-22/h1-6,9-10,17H,7-8,11-16H2. The van der Waals surface area contributed by atoms with Crippen LogP contribution in [0.2, 0.25) is 0 Å². The minimum atomic E-state index is 0.100. The Labute approximate surface area is 169 Å². The van der Waals surface area contributed by atoms with E-state index in [1.165, 1.54) is 5.69 Å². The van der Waals surface area contributed by atoms with Gasteiger partial charge in [0.05, 0.1) is 0 Å². The highest BCUT2D eigenvalue weighted by Gasteiger charge is 2.31. The molecule has 1 aromatic carbocycles. The van der Waals surface area contributed by atoms with Gasteiger partial charge in [0.25, 0.3) is 6.01 Å². The number of piperidine rings is 1. The fourth-order valence-electron chi connectivity index (χ4n) is 4.31. The molecule has 3 aromatic rings. The number of anilines is 2. The summed E-state index contributed by atoms with van der Waals surface area (Å²) >= 11 is 0. The second-order valence-corrected chi connectivity index (χ2v) is 7.74. The van der Waals surface area contributed by atoms with Crippen LogP contribution >= 0.6 is 0 Å². The summed E-state index contributed by atoms with van der Waals surface area (Å²) in [6.45, 7) is 4.93. The van der Waals surface area contributed by atoms with Crippen LogP contribution in [0, 0.1) is 5.92 Å². The number of amides is 1. The summed E-state index contributed by atoms with van der Waals surface area (Å²) in [4.78, 5) is 28.2. The lowest BCUT2D eigenvalue weighted by Crippen LogP contribution is -2.51. The minimum absolute atomic E-state index is 0.100. The van der Waals surface area contributed by atoms with E-state index in [9.17, 15) is 4.79 Å². The Morgan fingerprint density at radius 2 is 1.62 bits per heavy atom. The van der Waals surface area contributed by atoms with Gasteiger partial charge >= 0.3 is 0 Å². The highest BCUT2D eigenvalue weighted by Crippen LogP contribution is 2.27. The molecule has 0 spiro atoms. The molecule has 4 heterocycles. The molecule has 7 heteroatoms. The van der Waals surface area contributed by atoms with Gasteiger partial charge in [0, 0.05) is 63.3 Å². The van der Waals surface area contributed by atoms with Gasteiger partial charge in [-0.15, -0.1) is 0 Å². The van der Waals surface area contributed by atoms with Crippen molar-refractivity contribution in [1.29, 1.82) is 0 Å². The number of hydrogen-bond acceptors (Lipinski definition) is 6. The summed E-state index contributed by atoms with van der Waals surface area (Å²) < 4.78 is 5.88. The van der Waals surface area contributed by atoms with Crippen molar-refractivity contribution in [2.45, 2.75) is 12.8 Å². The van der Waals surface area contributed by atoms with Crippen LogP contribution < -0.4 is 9.80 Å². The fourth-order valence-corrected chi connectivity index (χ4v) is 4.31. The summed E-state index contributed by atoms with van der Waals surface area (Å²) in [5, 5.41) is 0. The van der Waals surface area contributed by atoms with Crippen molar-refractivity contribution in [1.82, 2.24) is 14.9 Å². The smallest absolute Gasteiger partial charge is 0.298 e. The lowest BCUT2D eigenvalue weighted by Gasteiger charge is -2.39. The maximum absolute atomic E-state index is 13.0. The van der Waals surface area contributed by atoms with Crippen molar-refractivity contribution in [2.24, 2.45) is 5.92 Å². The monoisotopic (exact) mass is 391 g/mol. The first-order chi connectivity index (χ1) is 14.3. The van der Waals surface area contributed by atoms with Gasteiger partial charge in [0.2, 0.25) is 5.91 Å². The predicted octanol–water partition coefficient (Wildman–Crippen LogP) is 2.79. The Morgan fingerprint density at radius 1 is 0.897 bits per heavy atom. The summed E-state index contributed by atoms with van der Waals surface area (Å²) in [7, 11) is 0. The largest absolute Gasteiger partial charge is 0.423 e. The molecular formula is C22H25N5O2. The third-order valence-electron chi connectivity index (χ3n) is 6.02. The molecule has 0 aliphatic carbocycles. The van der Waals surface area contributed by atoms with Crippen LogP contribution in [0.25, 0.3) is 11.1 Å². The predicted molar refractivity (Wildman–Crippen MR) is 112 cm³/mol. The van der Waals surface area contributed by atoms with Crippen LogP contribution in [0.1, 0.15) is 12.8 Å². The highest BCUT2D eigenvalue weighted by atomic mass is 16.4. The number of carbonyl (C=O) groups is 1. The molecule has 0 unspecified atom stereocenters. The van der Waals surface area contributed by atoms with Crippen molar-refractivity contribution >= 4 is 28.7 Å². The first-order valence-corrected chi connectivity index (χ1v) is 10.3.